The lowest BCUT2D eigenvalue weighted by atomic mass is 9.96. The van der Waals surface area contributed by atoms with Gasteiger partial charge in [-0.1, -0.05) is 29.3 Å². The van der Waals surface area contributed by atoms with Gasteiger partial charge >= 0.3 is 0 Å². The third-order valence-corrected chi connectivity index (χ3v) is 8.01. The molecular weight excluding hydrogens is 449 g/mol. The number of benzene rings is 1. The summed E-state index contributed by atoms with van der Waals surface area (Å²) in [5.41, 5.74) is 2.62. The average molecular weight is 472 g/mol. The molecule has 0 spiro atoms. The number of hydrogen-bond acceptors (Lipinski definition) is 5. The fraction of sp³-hybridized carbons (Fsp3) is 0.409. The summed E-state index contributed by atoms with van der Waals surface area (Å²) in [7, 11) is 5.58. The predicted octanol–water partition coefficient (Wildman–Crippen LogP) is 3.45. The smallest absolute Gasteiger partial charge is 0.264 e. The highest BCUT2D eigenvalue weighted by Gasteiger charge is 2.47. The topological polar surface area (TPSA) is 83.8 Å². The largest absolute Gasteiger partial charge is 0.345 e. The van der Waals surface area contributed by atoms with E-state index in [-0.39, 0.29) is 5.56 Å². The maximum Gasteiger partial charge on any atom is 0.264 e. The number of aromatic nitrogens is 5. The van der Waals surface area contributed by atoms with Gasteiger partial charge in [0.1, 0.15) is 10.8 Å². The first-order valence-electron chi connectivity index (χ1n) is 10.8. The number of aromatic amines is 1. The molecule has 1 aromatic carbocycles. The van der Waals surface area contributed by atoms with Crippen molar-refractivity contribution < 1.29 is 0 Å². The van der Waals surface area contributed by atoms with Crippen LogP contribution in [0.5, 0.6) is 0 Å². The fourth-order valence-corrected chi connectivity index (χ4v) is 6.25. The second kappa shape index (κ2) is 6.97. The van der Waals surface area contributed by atoms with Gasteiger partial charge in [0.15, 0.2) is 0 Å². The number of likely N-dealkylation sites (N-methyl/N-ethyl adjacent to an activating group) is 1. The summed E-state index contributed by atoms with van der Waals surface area (Å²) in [6.07, 6.45) is 5.12. The molecule has 2 aliphatic rings. The highest BCUT2D eigenvalue weighted by atomic mass is 35.5. The number of halogens is 2. The Balaban J connectivity index is 1.53. The van der Waals surface area contributed by atoms with Crippen LogP contribution in [0.25, 0.3) is 33.1 Å². The Kier molecular flexibility index (Phi) is 4.38. The number of anilines is 1. The van der Waals surface area contributed by atoms with E-state index in [1.165, 1.54) is 0 Å². The van der Waals surface area contributed by atoms with Crippen molar-refractivity contribution in [2.24, 2.45) is 14.1 Å². The van der Waals surface area contributed by atoms with E-state index in [0.29, 0.717) is 55.8 Å². The zero-order valence-electron chi connectivity index (χ0n) is 18.0. The fourth-order valence-electron chi connectivity index (χ4n) is 5.63. The van der Waals surface area contributed by atoms with Crippen molar-refractivity contribution in [1.82, 2.24) is 29.6 Å². The normalized spacial score (nSPS) is 22.7. The highest BCUT2D eigenvalue weighted by molar-refractivity contribution is 6.43. The van der Waals surface area contributed by atoms with Crippen LogP contribution in [0.1, 0.15) is 19.3 Å². The zero-order valence-corrected chi connectivity index (χ0v) is 19.5. The molecule has 4 aromatic rings. The van der Waals surface area contributed by atoms with Crippen LogP contribution in [-0.2, 0) is 14.1 Å². The molecule has 2 fully saturated rings. The van der Waals surface area contributed by atoms with E-state index in [1.54, 1.807) is 29.5 Å². The predicted molar refractivity (Wildman–Crippen MR) is 128 cm³/mol. The first kappa shape index (κ1) is 20.1. The Morgan fingerprint density at radius 2 is 1.97 bits per heavy atom. The molecule has 0 amide bonds. The van der Waals surface area contributed by atoms with Gasteiger partial charge in [0.05, 0.1) is 21.3 Å². The monoisotopic (exact) mass is 471 g/mol. The quantitative estimate of drug-likeness (QED) is 0.477. The lowest BCUT2D eigenvalue weighted by molar-refractivity contribution is 0.445. The molecule has 0 saturated carbocycles. The van der Waals surface area contributed by atoms with E-state index in [4.69, 9.17) is 28.2 Å². The van der Waals surface area contributed by atoms with Crippen LogP contribution in [0.4, 0.5) is 5.95 Å². The van der Waals surface area contributed by atoms with E-state index in [2.05, 4.69) is 20.3 Å². The number of nitrogens with one attached hydrogen (secondary N) is 2. The molecule has 8 nitrogen and oxygen atoms in total. The molecular formula is C22H23Cl2N7O. The number of H-pyrrole nitrogens is 1. The van der Waals surface area contributed by atoms with Gasteiger partial charge in [-0.2, -0.15) is 10.1 Å². The summed E-state index contributed by atoms with van der Waals surface area (Å²) in [4.78, 5) is 24.0. The summed E-state index contributed by atoms with van der Waals surface area (Å²) >= 11 is 13.2. The molecule has 2 bridgehead atoms. The van der Waals surface area contributed by atoms with Gasteiger partial charge < -0.3 is 15.2 Å². The lowest BCUT2D eigenvalue weighted by Gasteiger charge is -2.26. The average Bonchev–Trinajstić information content (AvgIpc) is 3.53. The molecule has 2 N–H and O–H groups in total. The lowest BCUT2D eigenvalue weighted by Crippen LogP contribution is -2.41. The number of nitrogens with zero attached hydrogens (tertiary/aromatic N) is 5. The van der Waals surface area contributed by atoms with Gasteiger partial charge in [-0.15, -0.1) is 0 Å². The molecule has 10 heteroatoms. The minimum Gasteiger partial charge on any atom is -0.345 e. The Morgan fingerprint density at radius 1 is 1.16 bits per heavy atom. The van der Waals surface area contributed by atoms with Crippen LogP contribution in [0.15, 0.2) is 23.1 Å². The van der Waals surface area contributed by atoms with Crippen molar-refractivity contribution in [2.75, 3.05) is 11.9 Å². The molecule has 166 valence electrons. The highest BCUT2D eigenvalue weighted by Crippen LogP contribution is 2.42. The summed E-state index contributed by atoms with van der Waals surface area (Å²) in [6.45, 7) is 0. The molecule has 6 rings (SSSR count). The standard InChI is InChI=1S/C22H23Cl2N7O/c1-25-14-8-10-4-7-15(14)31(10)22-27-20-16(21(32)29(22)2)12(9-26-20)11-5-6-13-17(18(11)23)19(24)30(3)28-13/h5-6,9-10,14-15,25-26H,4,7-8H2,1-3H3/t10-,14+,15+/m0/s1. The van der Waals surface area contributed by atoms with Gasteiger partial charge in [0.2, 0.25) is 5.95 Å². The Morgan fingerprint density at radius 3 is 2.72 bits per heavy atom. The molecule has 0 unspecified atom stereocenters. The molecule has 0 aliphatic carbocycles. The van der Waals surface area contributed by atoms with Crippen molar-refractivity contribution in [3.63, 3.8) is 0 Å². The maximum absolute atomic E-state index is 13.6. The van der Waals surface area contributed by atoms with Gasteiger partial charge in [-0.05, 0) is 32.4 Å². The number of hydrogen-bond donors (Lipinski definition) is 2. The Bertz CT molecular complexity index is 1450. The summed E-state index contributed by atoms with van der Waals surface area (Å²) in [5.74, 6) is 0.720. The molecule has 2 saturated heterocycles. The minimum absolute atomic E-state index is 0.0954. The Labute approximate surface area is 194 Å². The van der Waals surface area contributed by atoms with E-state index in [1.807, 2.05) is 19.2 Å². The summed E-state index contributed by atoms with van der Waals surface area (Å²) in [5, 5.41) is 9.94. The van der Waals surface area contributed by atoms with Crippen molar-refractivity contribution in [3.05, 3.63) is 38.9 Å². The number of rotatable bonds is 3. The first-order valence-corrected chi connectivity index (χ1v) is 11.5. The van der Waals surface area contributed by atoms with E-state index >= 15 is 0 Å². The SMILES string of the molecule is CN[C@@H]1C[C@@H]2CC[C@H]1N2c1nc2[nH]cc(-c3ccc4nn(C)c(Cl)c4c3Cl)c2c(=O)n1C. The Hall–Kier alpha value is -2.55. The molecule has 32 heavy (non-hydrogen) atoms. The second-order valence-corrected chi connectivity index (χ2v) is 9.51. The van der Waals surface area contributed by atoms with Crippen LogP contribution in [0.3, 0.4) is 0 Å². The van der Waals surface area contributed by atoms with Crippen LogP contribution in [0.2, 0.25) is 10.2 Å². The van der Waals surface area contributed by atoms with Crippen molar-refractivity contribution in [3.8, 4) is 11.1 Å². The van der Waals surface area contributed by atoms with Crippen LogP contribution < -0.4 is 15.8 Å². The van der Waals surface area contributed by atoms with E-state index in [0.717, 1.165) is 30.8 Å². The third kappa shape index (κ3) is 2.57. The van der Waals surface area contributed by atoms with Crippen molar-refractivity contribution in [1.29, 1.82) is 0 Å². The third-order valence-electron chi connectivity index (χ3n) is 7.19. The maximum atomic E-state index is 13.6. The molecule has 0 radical (unpaired) electrons. The van der Waals surface area contributed by atoms with Crippen LogP contribution in [-0.4, -0.2) is 49.5 Å². The number of aryl methyl sites for hydroxylation is 1. The summed E-state index contributed by atoms with van der Waals surface area (Å²) in [6, 6.07) is 4.94. The van der Waals surface area contributed by atoms with Gasteiger partial charge in [0.25, 0.3) is 5.56 Å². The van der Waals surface area contributed by atoms with Gasteiger partial charge in [0, 0.05) is 49.5 Å². The van der Waals surface area contributed by atoms with Gasteiger partial charge in [-0.3, -0.25) is 14.0 Å². The molecule has 3 atom stereocenters. The van der Waals surface area contributed by atoms with Gasteiger partial charge in [-0.25, -0.2) is 0 Å². The van der Waals surface area contributed by atoms with Crippen molar-refractivity contribution >= 4 is 51.1 Å². The zero-order chi connectivity index (χ0) is 22.3. The molecule has 5 heterocycles. The van der Waals surface area contributed by atoms with Crippen molar-refractivity contribution in [2.45, 2.75) is 37.4 Å². The second-order valence-electron chi connectivity index (χ2n) is 8.77. The van der Waals surface area contributed by atoms with E-state index < -0.39 is 0 Å². The van der Waals surface area contributed by atoms with Crippen LogP contribution >= 0.6 is 23.2 Å². The summed E-state index contributed by atoms with van der Waals surface area (Å²) < 4.78 is 3.26. The molecule has 2 aliphatic heterocycles. The molecule has 3 aromatic heterocycles. The minimum atomic E-state index is -0.0954. The number of fused-ring (bicyclic) bond motifs is 4. The van der Waals surface area contributed by atoms with Crippen LogP contribution in [0, 0.1) is 0 Å². The van der Waals surface area contributed by atoms with E-state index in [9.17, 15) is 4.79 Å². The first-order chi connectivity index (χ1) is 15.4.